The number of allylic oxidation sites excluding steroid dienone is 2. The van der Waals surface area contributed by atoms with Crippen molar-refractivity contribution in [1.29, 1.82) is 0 Å². The molecule has 0 amide bonds. The molecule has 37 heavy (non-hydrogen) atoms. The zero-order valence-corrected chi connectivity index (χ0v) is 21.3. The Morgan fingerprint density at radius 2 is 1.59 bits per heavy atom. The van der Waals surface area contributed by atoms with Crippen LogP contribution < -0.4 is 20.3 Å². The van der Waals surface area contributed by atoms with Crippen molar-refractivity contribution in [1.82, 2.24) is 0 Å². The van der Waals surface area contributed by atoms with Crippen LogP contribution in [0.25, 0.3) is 16.0 Å². The maximum Gasteiger partial charge on any atom is 0.338 e. The number of nitrogens with two attached hydrogens (primary N) is 1. The molecule has 2 aromatic carbocycles. The van der Waals surface area contributed by atoms with E-state index in [1.807, 2.05) is 74.4 Å². The topological polar surface area (TPSA) is 140 Å². The van der Waals surface area contributed by atoms with Crippen LogP contribution in [0, 0.1) is 0 Å². The average Bonchev–Trinajstić information content (AvgIpc) is 2.86. The second kappa shape index (κ2) is 10.5. The lowest BCUT2D eigenvalue weighted by atomic mass is 9.83. The van der Waals surface area contributed by atoms with Gasteiger partial charge >= 0.3 is 5.97 Å². The molecule has 2 aromatic rings. The Bertz CT molecular complexity index is 1370. The summed E-state index contributed by atoms with van der Waals surface area (Å²) in [5.41, 5.74) is 20.0. The number of carbonyl (C=O) groups is 1. The molecular formula is C27H29N7O3. The highest BCUT2D eigenvalue weighted by molar-refractivity contribution is 6.17. The zero-order valence-electron chi connectivity index (χ0n) is 21.3. The first-order chi connectivity index (χ1) is 17.7. The molecule has 1 aliphatic heterocycles. The van der Waals surface area contributed by atoms with Crippen LogP contribution in [0.3, 0.4) is 0 Å². The number of aliphatic imine (C=N–C) groups is 1. The van der Waals surface area contributed by atoms with Gasteiger partial charge in [-0.2, -0.15) is 0 Å². The smallest absolute Gasteiger partial charge is 0.338 e. The fourth-order valence-electron chi connectivity index (χ4n) is 4.28. The average molecular weight is 500 g/mol. The van der Waals surface area contributed by atoms with Gasteiger partial charge in [-0.05, 0) is 47.9 Å². The van der Waals surface area contributed by atoms with Gasteiger partial charge in [0.1, 0.15) is 11.5 Å². The summed E-state index contributed by atoms with van der Waals surface area (Å²) in [5.74, 6) is 0.119. The first kappa shape index (κ1) is 25.4. The van der Waals surface area contributed by atoms with E-state index in [-0.39, 0.29) is 11.3 Å². The molecule has 10 nitrogen and oxygen atoms in total. The van der Waals surface area contributed by atoms with E-state index in [2.05, 4.69) is 15.0 Å². The van der Waals surface area contributed by atoms with Crippen LogP contribution in [0.4, 0.5) is 11.4 Å². The molecular weight excluding hydrogens is 470 g/mol. The first-order valence-corrected chi connectivity index (χ1v) is 11.8. The third-order valence-electron chi connectivity index (χ3n) is 6.19. The number of fused-ring (bicyclic) bond motifs is 2. The molecule has 0 atom stereocenters. The normalized spacial score (nSPS) is 15.1. The molecule has 0 fully saturated rings. The zero-order chi connectivity index (χ0) is 26.7. The lowest BCUT2D eigenvalue weighted by Gasteiger charge is -2.28. The lowest BCUT2D eigenvalue weighted by molar-refractivity contribution is -0.132. The number of anilines is 2. The van der Waals surface area contributed by atoms with Gasteiger partial charge in [0.05, 0.1) is 17.0 Å². The van der Waals surface area contributed by atoms with Crippen molar-refractivity contribution in [3.05, 3.63) is 87.0 Å². The van der Waals surface area contributed by atoms with Gasteiger partial charge in [-0.3, -0.25) is 4.99 Å². The predicted octanol–water partition coefficient (Wildman–Crippen LogP) is 4.73. The van der Waals surface area contributed by atoms with Gasteiger partial charge < -0.3 is 25.4 Å². The molecule has 3 N–H and O–H groups in total. The first-order valence-electron chi connectivity index (χ1n) is 11.8. The number of nitrogens with zero attached hydrogens (tertiary/aromatic N) is 6. The molecule has 0 aromatic heterocycles. The number of benzene rings is 2. The molecule has 2 aliphatic rings. The molecule has 0 saturated carbocycles. The highest BCUT2D eigenvalue weighted by Gasteiger charge is 2.31. The number of hydrogen-bond donors (Lipinski definition) is 2. The van der Waals surface area contributed by atoms with E-state index in [0.29, 0.717) is 42.3 Å². The molecule has 10 heteroatoms. The van der Waals surface area contributed by atoms with Crippen molar-refractivity contribution in [2.75, 3.05) is 51.1 Å². The van der Waals surface area contributed by atoms with Gasteiger partial charge in [-0.15, -0.1) is 0 Å². The Morgan fingerprint density at radius 1 is 1.00 bits per heavy atom. The Morgan fingerprint density at radius 3 is 2.11 bits per heavy atom. The van der Waals surface area contributed by atoms with E-state index in [0.717, 1.165) is 28.1 Å². The number of rotatable bonds is 7. The molecule has 0 bridgehead atoms. The second-order valence-electron chi connectivity index (χ2n) is 9.04. The molecule has 0 radical (unpaired) electrons. The van der Waals surface area contributed by atoms with Crippen molar-refractivity contribution >= 4 is 28.6 Å². The largest absolute Gasteiger partial charge is 0.478 e. The monoisotopic (exact) mass is 499 g/mol. The summed E-state index contributed by atoms with van der Waals surface area (Å²) >= 11 is 0. The second-order valence-corrected chi connectivity index (χ2v) is 9.04. The van der Waals surface area contributed by atoms with E-state index in [1.165, 1.54) is 0 Å². The van der Waals surface area contributed by atoms with E-state index in [4.69, 9.17) is 16.0 Å². The van der Waals surface area contributed by atoms with Crippen molar-refractivity contribution in [3.8, 4) is 11.5 Å². The predicted molar refractivity (Wildman–Crippen MR) is 147 cm³/mol. The van der Waals surface area contributed by atoms with E-state index in [1.54, 1.807) is 12.2 Å². The van der Waals surface area contributed by atoms with Crippen LogP contribution in [0.15, 0.2) is 75.5 Å². The minimum atomic E-state index is -1.14. The molecule has 4 rings (SSSR count). The standard InChI is InChI=1S/C27H29N7O3/c1-33(2)16-6-8-18-22(14-16)37-23-15-17(34(3)4)7-9-19(23)24(18)20-10-11-21(26(28)25(20)27(35)36)30-12-5-13-31-32-29/h6-11,14-15H,5,12-13,28H2,1-4H3,(H,35,36). The summed E-state index contributed by atoms with van der Waals surface area (Å²) < 4.78 is 6.34. The van der Waals surface area contributed by atoms with Crippen LogP contribution in [0.1, 0.15) is 17.5 Å². The van der Waals surface area contributed by atoms with Crippen LogP contribution in [0.2, 0.25) is 0 Å². The number of ether oxygens (including phenoxy) is 1. The van der Waals surface area contributed by atoms with Crippen molar-refractivity contribution in [2.45, 2.75) is 6.42 Å². The fraction of sp³-hybridized carbons (Fsp3) is 0.259. The van der Waals surface area contributed by atoms with Crippen molar-refractivity contribution in [2.24, 2.45) is 15.8 Å². The molecule has 1 heterocycles. The highest BCUT2D eigenvalue weighted by atomic mass is 16.5. The van der Waals surface area contributed by atoms with Gasteiger partial charge in [0.25, 0.3) is 0 Å². The lowest BCUT2D eigenvalue weighted by Crippen LogP contribution is -2.23. The summed E-state index contributed by atoms with van der Waals surface area (Å²) in [4.78, 5) is 23.7. The van der Waals surface area contributed by atoms with Crippen molar-refractivity contribution < 1.29 is 14.6 Å². The summed E-state index contributed by atoms with van der Waals surface area (Å²) in [6.45, 7) is 0.664. The Balaban J connectivity index is 1.92. The summed E-state index contributed by atoms with van der Waals surface area (Å²) in [6, 6.07) is 11.7. The molecule has 190 valence electrons. The maximum absolute atomic E-state index is 12.5. The number of hydrogen-bond acceptors (Lipinski definition) is 7. The maximum atomic E-state index is 12.5. The van der Waals surface area contributed by atoms with Crippen molar-refractivity contribution in [3.63, 3.8) is 0 Å². The molecule has 0 unspecified atom stereocenters. The van der Waals surface area contributed by atoms with E-state index < -0.39 is 5.97 Å². The van der Waals surface area contributed by atoms with E-state index >= 15 is 0 Å². The van der Waals surface area contributed by atoms with Crippen LogP contribution in [-0.4, -0.2) is 58.1 Å². The van der Waals surface area contributed by atoms with Gasteiger partial charge in [-0.1, -0.05) is 11.2 Å². The van der Waals surface area contributed by atoms with Gasteiger partial charge in [0, 0.05) is 86.4 Å². The number of carboxylic acids is 1. The number of azide groups is 1. The minimum absolute atomic E-state index is 0.0153. The van der Waals surface area contributed by atoms with Crippen LogP contribution in [-0.2, 0) is 4.79 Å². The quantitative estimate of drug-likeness (QED) is 0.208. The van der Waals surface area contributed by atoms with Gasteiger partial charge in [0.15, 0.2) is 0 Å². The summed E-state index contributed by atoms with van der Waals surface area (Å²) in [6.07, 6.45) is 4.01. The number of aliphatic carboxylic acids is 1. The van der Waals surface area contributed by atoms with Crippen LogP contribution in [0.5, 0.6) is 11.5 Å². The summed E-state index contributed by atoms with van der Waals surface area (Å²) in [5, 5.41) is 13.7. The highest BCUT2D eigenvalue weighted by Crippen LogP contribution is 2.48. The molecule has 1 aliphatic carbocycles. The fourth-order valence-corrected chi connectivity index (χ4v) is 4.28. The number of carboxylic acid groups (broad SMARTS) is 1. The van der Waals surface area contributed by atoms with Gasteiger partial charge in [0.2, 0.25) is 0 Å². The Labute approximate surface area is 215 Å². The Hall–Kier alpha value is -4.69. The molecule has 0 spiro atoms. The Kier molecular flexibility index (Phi) is 7.22. The summed E-state index contributed by atoms with van der Waals surface area (Å²) in [7, 11) is 7.80. The minimum Gasteiger partial charge on any atom is -0.478 e. The SMILES string of the molecule is CN(C)c1ccc2c(c1)Oc1cc(N(C)C)ccc1C2=C1C=CC(=NCCCN=[N+]=[N-])C(N)=C1C(=O)O. The third kappa shape index (κ3) is 5.00. The van der Waals surface area contributed by atoms with Crippen LogP contribution >= 0.6 is 0 Å². The third-order valence-corrected chi connectivity index (χ3v) is 6.19. The molecule has 0 saturated heterocycles. The van der Waals surface area contributed by atoms with Gasteiger partial charge in [-0.25, -0.2) is 4.79 Å². The van der Waals surface area contributed by atoms with E-state index in [9.17, 15) is 9.90 Å².